The predicted molar refractivity (Wildman–Crippen MR) is 88.4 cm³/mol. The number of aryl methyl sites for hydroxylation is 1. The molecule has 0 unspecified atom stereocenters. The summed E-state index contributed by atoms with van der Waals surface area (Å²) in [6, 6.07) is 3.71. The SMILES string of the molecule is Cc1ccc([C@H]2C[C@H](C)CCN2C(=O)CCS(=O)(=O)N(C)C)o1. The van der Waals surface area contributed by atoms with Crippen molar-refractivity contribution in [2.75, 3.05) is 26.4 Å². The van der Waals surface area contributed by atoms with E-state index in [9.17, 15) is 13.2 Å². The van der Waals surface area contributed by atoms with Gasteiger partial charge >= 0.3 is 0 Å². The predicted octanol–water partition coefficient (Wildman–Crippen LogP) is 2.17. The second kappa shape index (κ2) is 7.05. The van der Waals surface area contributed by atoms with Gasteiger partial charge in [0.05, 0.1) is 11.8 Å². The van der Waals surface area contributed by atoms with Gasteiger partial charge in [0.2, 0.25) is 15.9 Å². The van der Waals surface area contributed by atoms with E-state index >= 15 is 0 Å². The number of carbonyl (C=O) groups is 1. The van der Waals surface area contributed by atoms with Crippen LogP contribution in [-0.4, -0.2) is 49.9 Å². The number of hydrogen-bond donors (Lipinski definition) is 0. The minimum atomic E-state index is -3.36. The molecule has 0 saturated carbocycles. The highest BCUT2D eigenvalue weighted by Crippen LogP contribution is 2.35. The van der Waals surface area contributed by atoms with Crippen LogP contribution in [0.25, 0.3) is 0 Å². The molecule has 1 aliphatic heterocycles. The molecule has 0 aliphatic carbocycles. The van der Waals surface area contributed by atoms with Crippen molar-refractivity contribution in [2.24, 2.45) is 5.92 Å². The van der Waals surface area contributed by atoms with Crippen LogP contribution in [0.5, 0.6) is 0 Å². The second-order valence-electron chi connectivity index (χ2n) is 6.53. The molecule has 2 rings (SSSR count). The molecule has 1 aliphatic rings. The van der Waals surface area contributed by atoms with E-state index in [0.717, 1.165) is 28.7 Å². The number of furan rings is 1. The third kappa shape index (κ3) is 4.35. The van der Waals surface area contributed by atoms with Crippen molar-refractivity contribution in [3.8, 4) is 0 Å². The van der Waals surface area contributed by atoms with Gasteiger partial charge in [-0.3, -0.25) is 4.79 Å². The zero-order valence-electron chi connectivity index (χ0n) is 14.3. The molecule has 2 heterocycles. The lowest BCUT2D eigenvalue weighted by Crippen LogP contribution is -2.41. The molecule has 1 aromatic rings. The lowest BCUT2D eigenvalue weighted by molar-refractivity contribution is -0.135. The average Bonchev–Trinajstić information content (AvgIpc) is 2.91. The van der Waals surface area contributed by atoms with Gasteiger partial charge in [-0.2, -0.15) is 0 Å². The van der Waals surface area contributed by atoms with Crippen LogP contribution in [0.1, 0.15) is 43.7 Å². The Kier molecular flexibility index (Phi) is 5.52. The Balaban J connectivity index is 2.10. The van der Waals surface area contributed by atoms with Crippen molar-refractivity contribution < 1.29 is 17.6 Å². The summed E-state index contributed by atoms with van der Waals surface area (Å²) >= 11 is 0. The number of rotatable bonds is 5. The minimum Gasteiger partial charge on any atom is -0.464 e. The maximum atomic E-state index is 12.6. The van der Waals surface area contributed by atoms with Crippen LogP contribution < -0.4 is 0 Å². The van der Waals surface area contributed by atoms with E-state index in [1.807, 2.05) is 19.1 Å². The Morgan fingerprint density at radius 2 is 2.09 bits per heavy atom. The van der Waals surface area contributed by atoms with E-state index in [0.29, 0.717) is 12.5 Å². The number of nitrogens with zero attached hydrogens (tertiary/aromatic N) is 2. The molecule has 23 heavy (non-hydrogen) atoms. The van der Waals surface area contributed by atoms with Gasteiger partial charge in [-0.1, -0.05) is 6.92 Å². The van der Waals surface area contributed by atoms with Gasteiger partial charge in [-0.05, 0) is 37.8 Å². The quantitative estimate of drug-likeness (QED) is 0.822. The Hall–Kier alpha value is -1.34. The number of carbonyl (C=O) groups excluding carboxylic acids is 1. The smallest absolute Gasteiger partial charge is 0.224 e. The van der Waals surface area contributed by atoms with Crippen LogP contribution in [0.3, 0.4) is 0 Å². The highest BCUT2D eigenvalue weighted by molar-refractivity contribution is 7.89. The molecule has 1 aromatic heterocycles. The van der Waals surface area contributed by atoms with E-state index in [1.165, 1.54) is 14.1 Å². The second-order valence-corrected chi connectivity index (χ2v) is 8.83. The van der Waals surface area contributed by atoms with Crippen LogP contribution >= 0.6 is 0 Å². The van der Waals surface area contributed by atoms with Crippen molar-refractivity contribution in [1.82, 2.24) is 9.21 Å². The van der Waals surface area contributed by atoms with E-state index in [4.69, 9.17) is 4.42 Å². The van der Waals surface area contributed by atoms with Crippen LogP contribution in [0.2, 0.25) is 0 Å². The number of likely N-dealkylation sites (tertiary alicyclic amines) is 1. The molecule has 6 nitrogen and oxygen atoms in total. The summed E-state index contributed by atoms with van der Waals surface area (Å²) in [6.45, 7) is 4.69. The fourth-order valence-electron chi connectivity index (χ4n) is 2.88. The molecule has 7 heteroatoms. The van der Waals surface area contributed by atoms with E-state index in [1.54, 1.807) is 4.90 Å². The van der Waals surface area contributed by atoms with Crippen molar-refractivity contribution in [2.45, 2.75) is 39.2 Å². The fourth-order valence-corrected chi connectivity index (χ4v) is 3.68. The maximum absolute atomic E-state index is 12.6. The molecule has 0 spiro atoms. The number of piperidine rings is 1. The number of amides is 1. The van der Waals surface area contributed by atoms with Crippen molar-refractivity contribution in [3.05, 3.63) is 23.7 Å². The van der Waals surface area contributed by atoms with E-state index < -0.39 is 10.0 Å². The van der Waals surface area contributed by atoms with Crippen molar-refractivity contribution in [3.63, 3.8) is 0 Å². The third-order valence-electron chi connectivity index (χ3n) is 4.40. The summed E-state index contributed by atoms with van der Waals surface area (Å²) < 4.78 is 30.6. The summed E-state index contributed by atoms with van der Waals surface area (Å²) in [4.78, 5) is 14.3. The average molecular weight is 342 g/mol. The molecular formula is C16H26N2O4S. The Morgan fingerprint density at radius 1 is 1.39 bits per heavy atom. The Morgan fingerprint density at radius 3 is 2.65 bits per heavy atom. The molecule has 0 bridgehead atoms. The first-order valence-electron chi connectivity index (χ1n) is 7.96. The van der Waals surface area contributed by atoms with Crippen LogP contribution in [-0.2, 0) is 14.8 Å². The van der Waals surface area contributed by atoms with Crippen molar-refractivity contribution >= 4 is 15.9 Å². The van der Waals surface area contributed by atoms with Gasteiger partial charge in [0.25, 0.3) is 0 Å². The molecule has 1 saturated heterocycles. The number of hydrogen-bond acceptors (Lipinski definition) is 4. The van der Waals surface area contributed by atoms with Gasteiger partial charge in [0, 0.05) is 27.1 Å². The lowest BCUT2D eigenvalue weighted by Gasteiger charge is -2.37. The molecule has 1 amide bonds. The number of sulfonamides is 1. The van der Waals surface area contributed by atoms with Crippen molar-refractivity contribution in [1.29, 1.82) is 0 Å². The van der Waals surface area contributed by atoms with E-state index in [-0.39, 0.29) is 24.1 Å². The Labute approximate surface area is 138 Å². The molecule has 2 atom stereocenters. The van der Waals surface area contributed by atoms with Gasteiger partial charge in [-0.25, -0.2) is 12.7 Å². The summed E-state index contributed by atoms with van der Waals surface area (Å²) in [5, 5.41) is 0. The largest absolute Gasteiger partial charge is 0.464 e. The molecule has 0 N–H and O–H groups in total. The van der Waals surface area contributed by atoms with E-state index in [2.05, 4.69) is 6.92 Å². The molecule has 130 valence electrons. The minimum absolute atomic E-state index is 0.00504. The van der Waals surface area contributed by atoms with Gasteiger partial charge < -0.3 is 9.32 Å². The first-order chi connectivity index (χ1) is 10.7. The topological polar surface area (TPSA) is 70.8 Å². The monoisotopic (exact) mass is 342 g/mol. The van der Waals surface area contributed by atoms with Crippen LogP contribution in [0.15, 0.2) is 16.5 Å². The highest BCUT2D eigenvalue weighted by atomic mass is 32.2. The van der Waals surface area contributed by atoms with Crippen LogP contribution in [0.4, 0.5) is 0 Å². The molecule has 0 radical (unpaired) electrons. The molecule has 1 fully saturated rings. The van der Waals surface area contributed by atoms with Gasteiger partial charge in [0.1, 0.15) is 11.5 Å². The highest BCUT2D eigenvalue weighted by Gasteiger charge is 2.33. The summed E-state index contributed by atoms with van der Waals surface area (Å²) in [5.74, 6) is 1.84. The zero-order valence-corrected chi connectivity index (χ0v) is 15.1. The van der Waals surface area contributed by atoms with Gasteiger partial charge in [-0.15, -0.1) is 0 Å². The third-order valence-corrected chi connectivity index (χ3v) is 6.24. The van der Waals surface area contributed by atoms with Crippen LogP contribution in [0, 0.1) is 12.8 Å². The Bertz CT molecular complexity index is 651. The summed E-state index contributed by atoms with van der Waals surface area (Å²) in [6.07, 6.45) is 1.78. The summed E-state index contributed by atoms with van der Waals surface area (Å²) in [7, 11) is -0.392. The molecular weight excluding hydrogens is 316 g/mol. The van der Waals surface area contributed by atoms with Gasteiger partial charge in [0.15, 0.2) is 0 Å². The summed E-state index contributed by atoms with van der Waals surface area (Å²) in [5.41, 5.74) is 0. The normalized spacial score (nSPS) is 22.6. The lowest BCUT2D eigenvalue weighted by atomic mass is 9.91. The standard InChI is InChI=1S/C16H26N2O4S/c1-12-7-9-18(14(11-12)15-6-5-13(2)22-15)16(19)8-10-23(20,21)17(3)4/h5-6,12,14H,7-11H2,1-4H3/t12-,14-/m1/s1. The fraction of sp³-hybridized carbons (Fsp3) is 0.688. The maximum Gasteiger partial charge on any atom is 0.224 e. The first kappa shape index (κ1) is 18.0. The first-order valence-corrected chi connectivity index (χ1v) is 9.57. The molecule has 0 aromatic carbocycles. The zero-order chi connectivity index (χ0) is 17.2.